The van der Waals surface area contributed by atoms with Crippen LogP contribution < -0.4 is 5.32 Å². The van der Waals surface area contributed by atoms with Crippen molar-refractivity contribution in [1.82, 2.24) is 10.2 Å². The zero-order chi connectivity index (χ0) is 10.7. The topological polar surface area (TPSA) is 49.4 Å². The second-order valence-corrected chi connectivity index (χ2v) is 4.14. The summed E-state index contributed by atoms with van der Waals surface area (Å²) in [5, 5.41) is 3.30. The SMILES string of the molecule is O=C1C=CC(=O)N1CCC1CCNCC1. The summed E-state index contributed by atoms with van der Waals surface area (Å²) < 4.78 is 0. The minimum Gasteiger partial charge on any atom is -0.317 e. The van der Waals surface area contributed by atoms with E-state index in [4.69, 9.17) is 0 Å². The largest absolute Gasteiger partial charge is 0.317 e. The van der Waals surface area contributed by atoms with Crippen molar-refractivity contribution in [3.8, 4) is 0 Å². The number of hydrogen-bond acceptors (Lipinski definition) is 3. The van der Waals surface area contributed by atoms with E-state index in [9.17, 15) is 9.59 Å². The predicted octanol–water partition coefficient (Wildman–Crippen LogP) is 0.301. The van der Waals surface area contributed by atoms with Crippen LogP contribution in [0.4, 0.5) is 0 Å². The first kappa shape index (κ1) is 10.4. The Kier molecular flexibility index (Phi) is 3.16. The van der Waals surface area contributed by atoms with Gasteiger partial charge in [0.2, 0.25) is 0 Å². The van der Waals surface area contributed by atoms with Gasteiger partial charge in [-0.3, -0.25) is 14.5 Å². The maximum absolute atomic E-state index is 11.3. The fraction of sp³-hybridized carbons (Fsp3) is 0.636. The summed E-state index contributed by atoms with van der Waals surface area (Å²) in [4.78, 5) is 23.9. The Hall–Kier alpha value is -1.16. The molecular formula is C11H16N2O2. The minimum absolute atomic E-state index is 0.158. The van der Waals surface area contributed by atoms with Crippen LogP contribution in [0.1, 0.15) is 19.3 Å². The van der Waals surface area contributed by atoms with Gasteiger partial charge in [-0.05, 0) is 38.3 Å². The van der Waals surface area contributed by atoms with Crippen molar-refractivity contribution in [2.24, 2.45) is 5.92 Å². The van der Waals surface area contributed by atoms with E-state index in [1.54, 1.807) is 0 Å². The van der Waals surface area contributed by atoms with Crippen LogP contribution in [0.5, 0.6) is 0 Å². The smallest absolute Gasteiger partial charge is 0.253 e. The van der Waals surface area contributed by atoms with Gasteiger partial charge in [0.15, 0.2) is 0 Å². The number of imide groups is 1. The van der Waals surface area contributed by atoms with Crippen LogP contribution in [0.3, 0.4) is 0 Å². The first-order valence-corrected chi connectivity index (χ1v) is 5.51. The first-order chi connectivity index (χ1) is 7.27. The molecule has 0 aromatic rings. The molecule has 0 atom stereocenters. The summed E-state index contributed by atoms with van der Waals surface area (Å²) in [6, 6.07) is 0. The number of nitrogens with one attached hydrogen (secondary N) is 1. The molecule has 2 amide bonds. The minimum atomic E-state index is -0.158. The average Bonchev–Trinajstić information content (AvgIpc) is 2.58. The monoisotopic (exact) mass is 208 g/mol. The third-order valence-electron chi connectivity index (χ3n) is 3.12. The standard InChI is InChI=1S/C11H16N2O2/c14-10-1-2-11(15)13(10)8-5-9-3-6-12-7-4-9/h1-2,9,12H,3-8H2. The molecule has 4 nitrogen and oxygen atoms in total. The number of hydrogen-bond donors (Lipinski definition) is 1. The van der Waals surface area contributed by atoms with Gasteiger partial charge >= 0.3 is 0 Å². The molecule has 0 saturated carbocycles. The summed E-state index contributed by atoms with van der Waals surface area (Å²) >= 11 is 0. The molecule has 2 aliphatic rings. The maximum Gasteiger partial charge on any atom is 0.253 e. The second-order valence-electron chi connectivity index (χ2n) is 4.14. The Morgan fingerprint density at radius 1 is 1.20 bits per heavy atom. The lowest BCUT2D eigenvalue weighted by molar-refractivity contribution is -0.136. The van der Waals surface area contributed by atoms with Gasteiger partial charge in [-0.25, -0.2) is 0 Å². The molecule has 0 aromatic heterocycles. The maximum atomic E-state index is 11.3. The fourth-order valence-electron chi connectivity index (χ4n) is 2.13. The molecule has 15 heavy (non-hydrogen) atoms. The Balaban J connectivity index is 1.77. The second kappa shape index (κ2) is 4.57. The third kappa shape index (κ3) is 2.45. The van der Waals surface area contributed by atoms with E-state index in [-0.39, 0.29) is 11.8 Å². The lowest BCUT2D eigenvalue weighted by atomic mass is 9.94. The zero-order valence-corrected chi connectivity index (χ0v) is 8.74. The first-order valence-electron chi connectivity index (χ1n) is 5.51. The van der Waals surface area contributed by atoms with Crippen LogP contribution in [0.2, 0.25) is 0 Å². The van der Waals surface area contributed by atoms with Gasteiger partial charge < -0.3 is 5.32 Å². The van der Waals surface area contributed by atoms with E-state index >= 15 is 0 Å². The highest BCUT2D eigenvalue weighted by Crippen LogP contribution is 2.17. The van der Waals surface area contributed by atoms with Crippen molar-refractivity contribution < 1.29 is 9.59 Å². The van der Waals surface area contributed by atoms with Crippen LogP contribution in [0, 0.1) is 5.92 Å². The van der Waals surface area contributed by atoms with Gasteiger partial charge in [-0.2, -0.15) is 0 Å². The van der Waals surface area contributed by atoms with Crippen LogP contribution in [-0.2, 0) is 9.59 Å². The molecule has 2 heterocycles. The van der Waals surface area contributed by atoms with Crippen molar-refractivity contribution >= 4 is 11.8 Å². The number of amides is 2. The Bertz CT molecular complexity index is 275. The zero-order valence-electron chi connectivity index (χ0n) is 8.74. The predicted molar refractivity (Wildman–Crippen MR) is 56.1 cm³/mol. The molecular weight excluding hydrogens is 192 g/mol. The van der Waals surface area contributed by atoms with Gasteiger partial charge in [0, 0.05) is 18.7 Å². The van der Waals surface area contributed by atoms with Gasteiger partial charge in [0.25, 0.3) is 11.8 Å². The van der Waals surface area contributed by atoms with Crippen molar-refractivity contribution in [3.63, 3.8) is 0 Å². The molecule has 82 valence electrons. The number of rotatable bonds is 3. The van der Waals surface area contributed by atoms with Crippen LogP contribution in [0.25, 0.3) is 0 Å². The number of carbonyl (C=O) groups excluding carboxylic acids is 2. The normalized spacial score (nSPS) is 22.8. The molecule has 2 aliphatic heterocycles. The summed E-state index contributed by atoms with van der Waals surface area (Å²) in [6.07, 6.45) is 5.96. The molecule has 4 heteroatoms. The van der Waals surface area contributed by atoms with Crippen LogP contribution >= 0.6 is 0 Å². The Labute approximate surface area is 89.3 Å². The van der Waals surface area contributed by atoms with Crippen molar-refractivity contribution in [3.05, 3.63) is 12.2 Å². The molecule has 2 rings (SSSR count). The summed E-state index contributed by atoms with van der Waals surface area (Å²) in [6.45, 7) is 2.70. The van der Waals surface area contributed by atoms with Gasteiger partial charge in [0.1, 0.15) is 0 Å². The molecule has 1 N–H and O–H groups in total. The van der Waals surface area contributed by atoms with Crippen LogP contribution in [0.15, 0.2) is 12.2 Å². The molecule has 0 spiro atoms. The fourth-order valence-corrected chi connectivity index (χ4v) is 2.13. The highest BCUT2D eigenvalue weighted by molar-refractivity contribution is 6.12. The number of piperidine rings is 1. The quantitative estimate of drug-likeness (QED) is 0.679. The van der Waals surface area contributed by atoms with E-state index in [2.05, 4.69) is 5.32 Å². The molecule has 0 unspecified atom stereocenters. The molecule has 1 saturated heterocycles. The summed E-state index contributed by atoms with van der Waals surface area (Å²) in [5.74, 6) is 0.343. The highest BCUT2D eigenvalue weighted by Gasteiger charge is 2.24. The van der Waals surface area contributed by atoms with E-state index in [1.807, 2.05) is 0 Å². The molecule has 1 fully saturated rings. The van der Waals surface area contributed by atoms with E-state index in [0.29, 0.717) is 12.5 Å². The molecule has 0 aliphatic carbocycles. The lowest BCUT2D eigenvalue weighted by Crippen LogP contribution is -2.34. The Morgan fingerprint density at radius 2 is 1.80 bits per heavy atom. The average molecular weight is 208 g/mol. The van der Waals surface area contributed by atoms with Gasteiger partial charge in [-0.1, -0.05) is 0 Å². The molecule has 0 bridgehead atoms. The third-order valence-corrected chi connectivity index (χ3v) is 3.12. The molecule has 0 aromatic carbocycles. The van der Waals surface area contributed by atoms with E-state index < -0.39 is 0 Å². The highest BCUT2D eigenvalue weighted by atomic mass is 16.2. The van der Waals surface area contributed by atoms with E-state index in [1.165, 1.54) is 17.1 Å². The summed E-state index contributed by atoms with van der Waals surface area (Å²) in [7, 11) is 0. The Morgan fingerprint density at radius 3 is 2.40 bits per heavy atom. The van der Waals surface area contributed by atoms with E-state index in [0.717, 1.165) is 32.4 Å². The van der Waals surface area contributed by atoms with Crippen molar-refractivity contribution in [1.29, 1.82) is 0 Å². The van der Waals surface area contributed by atoms with Crippen molar-refractivity contribution in [2.45, 2.75) is 19.3 Å². The van der Waals surface area contributed by atoms with Crippen LogP contribution in [-0.4, -0.2) is 36.3 Å². The molecule has 0 radical (unpaired) electrons. The van der Waals surface area contributed by atoms with Crippen molar-refractivity contribution in [2.75, 3.05) is 19.6 Å². The summed E-state index contributed by atoms with van der Waals surface area (Å²) in [5.41, 5.74) is 0. The lowest BCUT2D eigenvalue weighted by Gasteiger charge is -2.24. The van der Waals surface area contributed by atoms with Gasteiger partial charge in [0.05, 0.1) is 0 Å². The number of nitrogens with zero attached hydrogens (tertiary/aromatic N) is 1. The van der Waals surface area contributed by atoms with Gasteiger partial charge in [-0.15, -0.1) is 0 Å². The number of carbonyl (C=O) groups is 2.